The summed E-state index contributed by atoms with van der Waals surface area (Å²) in [7, 11) is 3.66. The molecule has 0 bridgehead atoms. The zero-order valence-electron chi connectivity index (χ0n) is 14.8. The summed E-state index contributed by atoms with van der Waals surface area (Å²) in [5.74, 6) is 0.368. The van der Waals surface area contributed by atoms with E-state index in [1.54, 1.807) is 7.11 Å². The normalized spacial score (nSPS) is 29.0. The fraction of sp³-hybridized carbons (Fsp3) is 1.00. The number of aliphatic hydroxyl groups excluding tert-OH is 1. The van der Waals surface area contributed by atoms with Crippen LogP contribution >= 0.6 is 0 Å². The van der Waals surface area contributed by atoms with Crippen LogP contribution in [0.25, 0.3) is 0 Å². The van der Waals surface area contributed by atoms with Gasteiger partial charge in [-0.05, 0) is 41.3 Å². The predicted molar refractivity (Wildman–Crippen MR) is 85.6 cm³/mol. The zero-order chi connectivity index (χ0) is 16.3. The van der Waals surface area contributed by atoms with Gasteiger partial charge in [-0.3, -0.25) is 0 Å². The number of hydrogen-bond acceptors (Lipinski definition) is 5. The molecule has 21 heavy (non-hydrogen) atoms. The average molecular weight is 302 g/mol. The molecule has 0 amide bonds. The van der Waals surface area contributed by atoms with Crippen LogP contribution in [-0.2, 0) is 9.47 Å². The Morgan fingerprint density at radius 3 is 2.43 bits per heavy atom. The summed E-state index contributed by atoms with van der Waals surface area (Å²) >= 11 is 0. The molecule has 1 saturated heterocycles. The van der Waals surface area contributed by atoms with Gasteiger partial charge in [0.05, 0.1) is 23.9 Å². The van der Waals surface area contributed by atoms with Crippen molar-refractivity contribution in [2.75, 3.05) is 40.4 Å². The first-order chi connectivity index (χ1) is 9.64. The molecule has 1 heterocycles. The van der Waals surface area contributed by atoms with Crippen molar-refractivity contribution < 1.29 is 14.6 Å². The van der Waals surface area contributed by atoms with Gasteiger partial charge in [0.2, 0.25) is 0 Å². The summed E-state index contributed by atoms with van der Waals surface area (Å²) in [6.45, 7) is 13.6. The first kappa shape index (κ1) is 18.8. The monoisotopic (exact) mass is 302 g/mol. The van der Waals surface area contributed by atoms with E-state index in [0.717, 1.165) is 13.1 Å². The first-order valence-electron chi connectivity index (χ1n) is 7.93. The summed E-state index contributed by atoms with van der Waals surface area (Å²) in [5.41, 5.74) is -0.368. The lowest BCUT2D eigenvalue weighted by Crippen LogP contribution is -2.51. The lowest BCUT2D eigenvalue weighted by Gasteiger charge is -2.33. The van der Waals surface area contributed by atoms with Crippen molar-refractivity contribution in [3.05, 3.63) is 0 Å². The Kier molecular flexibility index (Phi) is 6.62. The van der Waals surface area contributed by atoms with E-state index < -0.39 is 6.10 Å². The molecular formula is C16H34N2O3. The smallest absolute Gasteiger partial charge is 0.0899 e. The van der Waals surface area contributed by atoms with Gasteiger partial charge in [-0.1, -0.05) is 6.92 Å². The highest BCUT2D eigenvalue weighted by Crippen LogP contribution is 2.42. The van der Waals surface area contributed by atoms with Gasteiger partial charge in [-0.15, -0.1) is 0 Å². The van der Waals surface area contributed by atoms with Crippen LogP contribution in [0.5, 0.6) is 0 Å². The molecule has 1 rings (SSSR count). The molecule has 0 aromatic heterocycles. The van der Waals surface area contributed by atoms with E-state index in [4.69, 9.17) is 9.47 Å². The van der Waals surface area contributed by atoms with Crippen LogP contribution in [0, 0.1) is 5.92 Å². The third-order valence-corrected chi connectivity index (χ3v) is 4.38. The van der Waals surface area contributed by atoms with Gasteiger partial charge in [0.25, 0.3) is 0 Å². The summed E-state index contributed by atoms with van der Waals surface area (Å²) in [6.07, 6.45) is -0.448. The fourth-order valence-electron chi connectivity index (χ4n) is 3.65. The molecule has 126 valence electrons. The maximum atomic E-state index is 9.88. The number of nitrogens with zero attached hydrogens (tertiary/aromatic N) is 1. The standard InChI is InChI=1S/C16H34N2O3/c1-8-17-14-13(15(2,3)21-16(14,4)5)10-18(6)9-12(19)11-20-7/h12-14,17,19H,8-11H2,1-7H3. The highest BCUT2D eigenvalue weighted by atomic mass is 16.5. The molecule has 2 N–H and O–H groups in total. The van der Waals surface area contributed by atoms with Crippen LogP contribution in [-0.4, -0.2) is 73.8 Å². The van der Waals surface area contributed by atoms with E-state index in [2.05, 4.69) is 44.8 Å². The number of methoxy groups -OCH3 is 1. The maximum absolute atomic E-state index is 9.88. The van der Waals surface area contributed by atoms with E-state index in [9.17, 15) is 5.11 Å². The van der Waals surface area contributed by atoms with Crippen molar-refractivity contribution in [3.63, 3.8) is 0 Å². The summed E-state index contributed by atoms with van der Waals surface area (Å²) < 4.78 is 11.3. The molecule has 0 aliphatic carbocycles. The Bertz CT molecular complexity index is 321. The van der Waals surface area contributed by atoms with Gasteiger partial charge in [0, 0.05) is 32.2 Å². The number of aliphatic hydroxyl groups is 1. The van der Waals surface area contributed by atoms with Gasteiger partial charge in [0.15, 0.2) is 0 Å². The SMILES string of the molecule is CCNC1C(CN(C)CC(O)COC)C(C)(C)OC1(C)C. The summed E-state index contributed by atoms with van der Waals surface area (Å²) in [4.78, 5) is 2.17. The van der Waals surface area contributed by atoms with Crippen molar-refractivity contribution >= 4 is 0 Å². The third kappa shape index (κ3) is 4.89. The molecule has 3 unspecified atom stereocenters. The second-order valence-electron chi connectivity index (χ2n) is 7.28. The minimum absolute atomic E-state index is 0.184. The van der Waals surface area contributed by atoms with Crippen molar-refractivity contribution in [1.82, 2.24) is 10.2 Å². The second-order valence-corrected chi connectivity index (χ2v) is 7.28. The quantitative estimate of drug-likeness (QED) is 0.703. The fourth-order valence-corrected chi connectivity index (χ4v) is 3.65. The largest absolute Gasteiger partial charge is 0.389 e. The molecule has 3 atom stereocenters. The number of hydrogen-bond donors (Lipinski definition) is 2. The molecule has 5 nitrogen and oxygen atoms in total. The molecule has 0 spiro atoms. The van der Waals surface area contributed by atoms with Gasteiger partial charge in [-0.25, -0.2) is 0 Å². The number of likely N-dealkylation sites (N-methyl/N-ethyl adjacent to an activating group) is 2. The van der Waals surface area contributed by atoms with Crippen LogP contribution in [0.15, 0.2) is 0 Å². The predicted octanol–water partition coefficient (Wildman–Crippen LogP) is 1.11. The Hall–Kier alpha value is -0.200. The molecule has 0 aromatic rings. The third-order valence-electron chi connectivity index (χ3n) is 4.38. The van der Waals surface area contributed by atoms with Crippen molar-refractivity contribution in [2.24, 2.45) is 5.92 Å². The van der Waals surface area contributed by atoms with E-state index in [0.29, 0.717) is 25.1 Å². The average Bonchev–Trinajstić information content (AvgIpc) is 2.47. The first-order valence-corrected chi connectivity index (χ1v) is 7.93. The Morgan fingerprint density at radius 1 is 1.29 bits per heavy atom. The van der Waals surface area contributed by atoms with Crippen molar-refractivity contribution in [2.45, 2.75) is 58.0 Å². The van der Waals surface area contributed by atoms with Crippen molar-refractivity contribution in [1.29, 1.82) is 0 Å². The van der Waals surface area contributed by atoms with Crippen molar-refractivity contribution in [3.8, 4) is 0 Å². The van der Waals surface area contributed by atoms with E-state index in [1.165, 1.54) is 0 Å². The molecule has 1 aliphatic heterocycles. The van der Waals surface area contributed by atoms with Gasteiger partial charge >= 0.3 is 0 Å². The van der Waals surface area contributed by atoms with Crippen LogP contribution in [0.2, 0.25) is 0 Å². The lowest BCUT2D eigenvalue weighted by molar-refractivity contribution is -0.0798. The van der Waals surface area contributed by atoms with E-state index in [-0.39, 0.29) is 11.2 Å². The van der Waals surface area contributed by atoms with Gasteiger partial charge in [-0.2, -0.15) is 0 Å². The molecular weight excluding hydrogens is 268 g/mol. The van der Waals surface area contributed by atoms with Gasteiger partial charge in [0.1, 0.15) is 0 Å². The minimum Gasteiger partial charge on any atom is -0.389 e. The highest BCUT2D eigenvalue weighted by molar-refractivity contribution is 5.06. The number of nitrogens with one attached hydrogen (secondary N) is 1. The van der Waals surface area contributed by atoms with Gasteiger partial charge < -0.3 is 24.8 Å². The zero-order valence-corrected chi connectivity index (χ0v) is 14.8. The van der Waals surface area contributed by atoms with E-state index >= 15 is 0 Å². The van der Waals surface area contributed by atoms with E-state index in [1.807, 2.05) is 7.05 Å². The molecule has 0 radical (unpaired) electrons. The Balaban J connectivity index is 2.73. The maximum Gasteiger partial charge on any atom is 0.0899 e. The molecule has 1 fully saturated rings. The molecule has 0 saturated carbocycles. The van der Waals surface area contributed by atoms with Crippen LogP contribution in [0.1, 0.15) is 34.6 Å². The molecule has 0 aromatic carbocycles. The van der Waals surface area contributed by atoms with Crippen LogP contribution < -0.4 is 5.32 Å². The molecule has 5 heteroatoms. The highest BCUT2D eigenvalue weighted by Gasteiger charge is 2.53. The summed E-state index contributed by atoms with van der Waals surface area (Å²) in [6, 6.07) is 0.305. The van der Waals surface area contributed by atoms with Crippen LogP contribution in [0.3, 0.4) is 0 Å². The Morgan fingerprint density at radius 2 is 1.90 bits per heavy atom. The topological polar surface area (TPSA) is 54.0 Å². The molecule has 1 aliphatic rings. The number of ether oxygens (including phenoxy) is 2. The summed E-state index contributed by atoms with van der Waals surface area (Å²) in [5, 5.41) is 13.5. The number of rotatable bonds is 8. The lowest BCUT2D eigenvalue weighted by atomic mass is 9.82. The Labute approximate surface area is 130 Å². The minimum atomic E-state index is -0.448. The second kappa shape index (κ2) is 7.38. The van der Waals surface area contributed by atoms with Crippen LogP contribution in [0.4, 0.5) is 0 Å².